The molecule has 0 bridgehead atoms. The molecule has 28 heavy (non-hydrogen) atoms. The lowest BCUT2D eigenvalue weighted by atomic mass is 10.1. The number of fused-ring (bicyclic) bond motifs is 1. The van der Waals surface area contributed by atoms with E-state index in [0.717, 1.165) is 33.3 Å². The van der Waals surface area contributed by atoms with Gasteiger partial charge in [-0.05, 0) is 43.2 Å². The molecule has 4 rings (SSSR count). The molecule has 0 saturated carbocycles. The van der Waals surface area contributed by atoms with Crippen molar-refractivity contribution >= 4 is 27.7 Å². The van der Waals surface area contributed by atoms with Crippen LogP contribution < -0.4 is 11.5 Å². The van der Waals surface area contributed by atoms with Crippen molar-refractivity contribution in [2.75, 3.05) is 6.54 Å². The molecule has 0 fully saturated rings. The topological polar surface area (TPSA) is 96.3 Å². The lowest BCUT2D eigenvalue weighted by Crippen LogP contribution is -2.42. The van der Waals surface area contributed by atoms with E-state index in [1.165, 1.54) is 23.9 Å². The van der Waals surface area contributed by atoms with E-state index in [0.29, 0.717) is 18.5 Å². The predicted molar refractivity (Wildman–Crippen MR) is 108 cm³/mol. The van der Waals surface area contributed by atoms with E-state index in [1.54, 1.807) is 5.01 Å². The Morgan fingerprint density at radius 3 is 2.71 bits per heavy atom. The minimum Gasteiger partial charge on any atom is -0.326 e. The Balaban J connectivity index is 1.48. The summed E-state index contributed by atoms with van der Waals surface area (Å²) in [5.74, 6) is -1.22. The summed E-state index contributed by atoms with van der Waals surface area (Å²) in [4.78, 5) is 0. The molecule has 2 aromatic carbocycles. The highest BCUT2D eigenvalue weighted by Crippen LogP contribution is 2.29. The molecule has 9 heteroatoms. The molecule has 0 radical (unpaired) electrons. The normalized spacial score (nSPS) is 18.0. The highest BCUT2D eigenvalue weighted by atomic mass is 32.2. The molecule has 0 amide bonds. The molecule has 3 aromatic rings. The number of nitrogens with two attached hydrogens (primary N) is 2. The predicted octanol–water partition coefficient (Wildman–Crippen LogP) is 2.67. The lowest BCUT2D eigenvalue weighted by molar-refractivity contribution is 0.261. The van der Waals surface area contributed by atoms with Gasteiger partial charge in [0.2, 0.25) is 0 Å². The Kier molecular flexibility index (Phi) is 5.05. The maximum atomic E-state index is 13.4. The van der Waals surface area contributed by atoms with E-state index < -0.39 is 11.6 Å². The van der Waals surface area contributed by atoms with Crippen molar-refractivity contribution < 1.29 is 8.78 Å². The van der Waals surface area contributed by atoms with Gasteiger partial charge < -0.3 is 11.5 Å². The second-order valence-corrected chi connectivity index (χ2v) is 7.95. The third-order valence-corrected chi connectivity index (χ3v) is 5.61. The van der Waals surface area contributed by atoms with E-state index in [1.807, 2.05) is 25.1 Å². The van der Waals surface area contributed by atoms with Crippen LogP contribution in [0.1, 0.15) is 16.8 Å². The molecule has 2 heterocycles. The van der Waals surface area contributed by atoms with Crippen molar-refractivity contribution in [1.29, 1.82) is 0 Å². The first-order valence-electron chi connectivity index (χ1n) is 8.82. The van der Waals surface area contributed by atoms with Gasteiger partial charge in [0.05, 0.1) is 17.8 Å². The molecule has 0 aliphatic carbocycles. The Hall–Kier alpha value is -2.49. The molecule has 5 N–H and O–H groups in total. The summed E-state index contributed by atoms with van der Waals surface area (Å²) >= 11 is 1.44. The number of benzene rings is 2. The molecule has 0 spiro atoms. The smallest absolute Gasteiger partial charge is 0.147 e. The molecule has 1 aliphatic rings. The van der Waals surface area contributed by atoms with E-state index >= 15 is 0 Å². The number of H-pyrrole nitrogens is 1. The van der Waals surface area contributed by atoms with Crippen molar-refractivity contribution in [3.05, 3.63) is 64.9 Å². The fourth-order valence-corrected chi connectivity index (χ4v) is 4.16. The number of hydrogen-bond donors (Lipinski definition) is 3. The number of nitrogens with one attached hydrogen (secondary N) is 1. The van der Waals surface area contributed by atoms with Crippen LogP contribution in [0.25, 0.3) is 10.9 Å². The molecular weight excluding hydrogens is 382 g/mol. The second-order valence-electron chi connectivity index (χ2n) is 6.85. The van der Waals surface area contributed by atoms with Gasteiger partial charge in [-0.3, -0.25) is 10.1 Å². The number of aromatic amines is 1. The number of thioether (sulfide) groups is 1. The van der Waals surface area contributed by atoms with Gasteiger partial charge in [0, 0.05) is 23.1 Å². The van der Waals surface area contributed by atoms with Crippen molar-refractivity contribution in [2.24, 2.45) is 16.6 Å². The number of rotatable bonds is 5. The standard InChI is InChI=1S/C19H20F2N6S/c1-10-16-7-12(2-3-17(16)25-24-10)18-26-27(19(23)28-18)9-15(22)6-11-4-13(20)8-14(21)5-11/h2-5,7-8,15,19H,6,9,22-23H2,1H3,(H,24,25)/t15-,19?/m1/s1. The number of nitrogens with zero attached hydrogens (tertiary/aromatic N) is 3. The highest BCUT2D eigenvalue weighted by Gasteiger charge is 2.26. The van der Waals surface area contributed by atoms with Gasteiger partial charge in [-0.1, -0.05) is 17.8 Å². The van der Waals surface area contributed by atoms with Crippen LogP contribution >= 0.6 is 11.8 Å². The molecule has 0 saturated heterocycles. The SMILES string of the molecule is Cc1n[nH]c2ccc(C3=NN(C[C@H](N)Cc4cc(F)cc(F)c4)C(N)S3)cc12. The fourth-order valence-electron chi connectivity index (χ4n) is 3.26. The second kappa shape index (κ2) is 7.50. The zero-order chi connectivity index (χ0) is 19.8. The van der Waals surface area contributed by atoms with Gasteiger partial charge in [-0.2, -0.15) is 10.2 Å². The number of aryl methyl sites for hydroxylation is 1. The van der Waals surface area contributed by atoms with Crippen LogP contribution in [-0.4, -0.2) is 38.3 Å². The monoisotopic (exact) mass is 402 g/mol. The van der Waals surface area contributed by atoms with Gasteiger partial charge in [0.1, 0.15) is 22.2 Å². The third kappa shape index (κ3) is 3.87. The van der Waals surface area contributed by atoms with Crippen molar-refractivity contribution in [1.82, 2.24) is 15.2 Å². The first-order valence-corrected chi connectivity index (χ1v) is 9.70. The first kappa shape index (κ1) is 18.9. The molecule has 2 atom stereocenters. The summed E-state index contributed by atoms with van der Waals surface area (Å²) in [6.45, 7) is 2.32. The van der Waals surface area contributed by atoms with Crippen LogP contribution in [0.2, 0.25) is 0 Å². The average Bonchev–Trinajstić information content (AvgIpc) is 3.17. The van der Waals surface area contributed by atoms with Gasteiger partial charge in [-0.25, -0.2) is 8.78 Å². The molecule has 1 aliphatic heterocycles. The average molecular weight is 402 g/mol. The van der Waals surface area contributed by atoms with E-state index in [-0.39, 0.29) is 11.5 Å². The zero-order valence-electron chi connectivity index (χ0n) is 15.2. The van der Waals surface area contributed by atoms with Gasteiger partial charge in [0.15, 0.2) is 0 Å². The van der Waals surface area contributed by atoms with Crippen LogP contribution in [0.5, 0.6) is 0 Å². The van der Waals surface area contributed by atoms with Crippen LogP contribution in [0.15, 0.2) is 41.5 Å². The van der Waals surface area contributed by atoms with Crippen LogP contribution in [-0.2, 0) is 6.42 Å². The molecule has 6 nitrogen and oxygen atoms in total. The summed E-state index contributed by atoms with van der Waals surface area (Å²) in [6.07, 6.45) is 0.327. The zero-order valence-corrected chi connectivity index (χ0v) is 16.0. The quantitative estimate of drug-likeness (QED) is 0.610. The number of halogens is 2. The number of hydrogen-bond acceptors (Lipinski definition) is 6. The number of hydrazone groups is 1. The summed E-state index contributed by atoms with van der Waals surface area (Å²) in [5.41, 5.74) is 15.4. The maximum absolute atomic E-state index is 13.4. The maximum Gasteiger partial charge on any atom is 0.147 e. The van der Waals surface area contributed by atoms with Gasteiger partial charge >= 0.3 is 0 Å². The summed E-state index contributed by atoms with van der Waals surface area (Å²) in [5, 5.41) is 15.4. The lowest BCUT2D eigenvalue weighted by Gasteiger charge is -2.22. The Bertz CT molecular complexity index is 1030. The highest BCUT2D eigenvalue weighted by molar-refractivity contribution is 8.15. The van der Waals surface area contributed by atoms with E-state index in [4.69, 9.17) is 11.5 Å². The Morgan fingerprint density at radius 1 is 1.21 bits per heavy atom. The summed E-state index contributed by atoms with van der Waals surface area (Å²) in [7, 11) is 0. The number of aromatic nitrogens is 2. The van der Waals surface area contributed by atoms with Gasteiger partial charge in [0.25, 0.3) is 0 Å². The molecule has 146 valence electrons. The Morgan fingerprint density at radius 2 is 1.96 bits per heavy atom. The minimum atomic E-state index is -0.610. The largest absolute Gasteiger partial charge is 0.326 e. The van der Waals surface area contributed by atoms with Crippen molar-refractivity contribution in [3.8, 4) is 0 Å². The minimum absolute atomic E-state index is 0.327. The molecule has 1 aromatic heterocycles. The summed E-state index contributed by atoms with van der Waals surface area (Å²) in [6, 6.07) is 9.03. The van der Waals surface area contributed by atoms with Gasteiger partial charge in [-0.15, -0.1) is 0 Å². The van der Waals surface area contributed by atoms with Crippen molar-refractivity contribution in [3.63, 3.8) is 0 Å². The molecule has 1 unspecified atom stereocenters. The molecular formula is C19H20F2N6S. The van der Waals surface area contributed by atoms with E-state index in [9.17, 15) is 8.78 Å². The first-order chi connectivity index (χ1) is 13.4. The van der Waals surface area contributed by atoms with Crippen LogP contribution in [0, 0.1) is 18.6 Å². The summed E-state index contributed by atoms with van der Waals surface area (Å²) < 4.78 is 26.7. The van der Waals surface area contributed by atoms with E-state index in [2.05, 4.69) is 15.3 Å². The third-order valence-electron chi connectivity index (χ3n) is 4.59. The Labute approximate surface area is 165 Å². The van der Waals surface area contributed by atoms with Crippen LogP contribution in [0.3, 0.4) is 0 Å². The fraction of sp³-hybridized carbons (Fsp3) is 0.263. The van der Waals surface area contributed by atoms with Crippen molar-refractivity contribution in [2.45, 2.75) is 24.9 Å². The van der Waals surface area contributed by atoms with Crippen LogP contribution in [0.4, 0.5) is 8.78 Å².